The molecule has 10 heteroatoms. The number of anilines is 1. The minimum absolute atomic E-state index is 0.0916. The number of benzene rings is 3. The van der Waals surface area contributed by atoms with Crippen LogP contribution in [0.25, 0.3) is 0 Å². The van der Waals surface area contributed by atoms with Gasteiger partial charge < -0.3 is 14.6 Å². The van der Waals surface area contributed by atoms with Gasteiger partial charge >= 0.3 is 0 Å². The average molecular weight is 650 g/mol. The fraction of sp³-hybridized carbons (Fsp3) is 0.368. The number of amides is 4. The molecule has 2 aliphatic carbocycles. The van der Waals surface area contributed by atoms with Crippen molar-refractivity contribution in [3.8, 4) is 17.2 Å². The highest BCUT2D eigenvalue weighted by Crippen LogP contribution is 2.66. The van der Waals surface area contributed by atoms with E-state index in [4.69, 9.17) is 9.47 Å². The molecular formula is C38H39N3O7. The van der Waals surface area contributed by atoms with E-state index in [2.05, 4.69) is 5.43 Å². The first-order valence-electron chi connectivity index (χ1n) is 16.4. The number of imide groups is 2. The SMILES string of the molecule is CCCN1C(=O)[C@H]2[C@H](CC=C3[C@H]2C[C@H]2C(=O)N(Nc4ccc(C)cc4)C(=O)[C@@]2(c2ccccc2)[C@H]3c2c(OC)cc(O)cc2OC)C1=O. The normalized spacial score (nSPS) is 27.8. The number of phenolic OH excluding ortho intramolecular Hbond substituents is 1. The quantitative estimate of drug-likeness (QED) is 0.255. The third kappa shape index (κ3) is 4.45. The van der Waals surface area contributed by atoms with Crippen LogP contribution >= 0.6 is 0 Å². The van der Waals surface area contributed by atoms with E-state index < -0.39 is 46.8 Å². The molecule has 0 aromatic heterocycles. The maximum atomic E-state index is 15.3. The maximum Gasteiger partial charge on any atom is 0.260 e. The molecule has 3 aromatic rings. The summed E-state index contributed by atoms with van der Waals surface area (Å²) in [5.41, 5.74) is 5.13. The van der Waals surface area contributed by atoms with Crippen molar-refractivity contribution in [2.45, 2.75) is 44.4 Å². The summed E-state index contributed by atoms with van der Waals surface area (Å²) < 4.78 is 11.8. The van der Waals surface area contributed by atoms with Crippen LogP contribution in [0.2, 0.25) is 0 Å². The topological polar surface area (TPSA) is 125 Å². The van der Waals surface area contributed by atoms with E-state index in [0.29, 0.717) is 36.2 Å². The minimum atomic E-state index is -1.49. The van der Waals surface area contributed by atoms with Gasteiger partial charge in [-0.25, -0.2) is 0 Å². The molecule has 0 unspecified atom stereocenters. The summed E-state index contributed by atoms with van der Waals surface area (Å²) in [5, 5.41) is 11.8. The summed E-state index contributed by atoms with van der Waals surface area (Å²) >= 11 is 0. The number of methoxy groups -OCH3 is 2. The van der Waals surface area contributed by atoms with Crippen LogP contribution in [0.5, 0.6) is 17.2 Å². The van der Waals surface area contributed by atoms with Gasteiger partial charge in [0.15, 0.2) is 0 Å². The number of rotatable bonds is 8. The molecule has 0 bridgehead atoms. The highest BCUT2D eigenvalue weighted by molar-refractivity contribution is 6.13. The Balaban J connectivity index is 1.50. The second-order valence-corrected chi connectivity index (χ2v) is 13.2. The Kier molecular flexibility index (Phi) is 7.77. The monoisotopic (exact) mass is 649 g/mol. The van der Waals surface area contributed by atoms with Crippen molar-refractivity contribution in [1.29, 1.82) is 0 Å². The molecule has 2 N–H and O–H groups in total. The second-order valence-electron chi connectivity index (χ2n) is 13.2. The summed E-state index contributed by atoms with van der Waals surface area (Å²) in [6.07, 6.45) is 3.15. The van der Waals surface area contributed by atoms with Crippen LogP contribution < -0.4 is 14.9 Å². The van der Waals surface area contributed by atoms with E-state index in [1.54, 1.807) is 0 Å². The summed E-state index contributed by atoms with van der Waals surface area (Å²) in [4.78, 5) is 59.1. The zero-order valence-electron chi connectivity index (χ0n) is 27.4. The Morgan fingerprint density at radius 3 is 2.19 bits per heavy atom. The van der Waals surface area contributed by atoms with Crippen molar-refractivity contribution in [1.82, 2.24) is 9.91 Å². The number of allylic oxidation sites excluding steroid dienone is 2. The van der Waals surface area contributed by atoms with Gasteiger partial charge in [0.25, 0.3) is 11.8 Å². The van der Waals surface area contributed by atoms with Crippen molar-refractivity contribution in [2.75, 3.05) is 26.2 Å². The van der Waals surface area contributed by atoms with E-state index in [-0.39, 0.29) is 35.5 Å². The van der Waals surface area contributed by atoms with Gasteiger partial charge in [-0.15, -0.1) is 0 Å². The Morgan fingerprint density at radius 1 is 0.896 bits per heavy atom. The molecule has 2 heterocycles. The number of aromatic hydroxyl groups is 1. The van der Waals surface area contributed by atoms with Gasteiger partial charge in [0.1, 0.15) is 17.2 Å². The van der Waals surface area contributed by atoms with Gasteiger partial charge in [0.05, 0.1) is 43.1 Å². The molecule has 6 atom stereocenters. The smallest absolute Gasteiger partial charge is 0.260 e. The zero-order valence-corrected chi connectivity index (χ0v) is 27.4. The molecule has 2 saturated heterocycles. The number of carbonyl (C=O) groups excluding carboxylic acids is 4. The lowest BCUT2D eigenvalue weighted by Gasteiger charge is -2.51. The van der Waals surface area contributed by atoms with Crippen LogP contribution in [0.1, 0.15) is 48.8 Å². The standard InChI is InChI=1S/C38H39N3O7/c1-5-17-40-34(43)26-16-15-25-27(31(26)36(40)45)20-28-35(44)41(39-23-13-11-21(2)12-14-23)37(46)38(28,22-9-7-6-8-10-22)33(25)32-29(47-3)18-24(42)19-30(32)48-4/h6-15,18-19,26-28,31,33,39,42H,5,16-17,20H2,1-4H3/t26-,27+,28-,31-,33+,38+/m0/s1. The maximum absolute atomic E-state index is 15.3. The van der Waals surface area contributed by atoms with Gasteiger partial charge in [-0.3, -0.25) is 29.5 Å². The van der Waals surface area contributed by atoms with E-state index in [9.17, 15) is 19.5 Å². The fourth-order valence-corrected chi connectivity index (χ4v) is 8.78. The molecule has 2 aliphatic heterocycles. The van der Waals surface area contributed by atoms with Crippen molar-refractivity contribution < 1.29 is 33.8 Å². The van der Waals surface area contributed by atoms with Crippen molar-refractivity contribution in [2.24, 2.45) is 23.7 Å². The highest BCUT2D eigenvalue weighted by atomic mass is 16.5. The minimum Gasteiger partial charge on any atom is -0.508 e. The number of ether oxygens (including phenoxy) is 2. The zero-order chi connectivity index (χ0) is 33.9. The molecule has 7 rings (SSSR count). The van der Waals surface area contributed by atoms with Crippen LogP contribution in [-0.2, 0) is 24.6 Å². The Bertz CT molecular complexity index is 1810. The molecule has 3 aromatic carbocycles. The Morgan fingerprint density at radius 2 is 1.56 bits per heavy atom. The van der Waals surface area contributed by atoms with Crippen LogP contribution in [0.3, 0.4) is 0 Å². The molecule has 4 amide bonds. The first-order chi connectivity index (χ1) is 23.2. The highest BCUT2D eigenvalue weighted by Gasteiger charge is 2.71. The summed E-state index contributed by atoms with van der Waals surface area (Å²) in [5.74, 6) is -4.30. The number of aryl methyl sites for hydroxylation is 1. The largest absolute Gasteiger partial charge is 0.508 e. The number of nitrogens with one attached hydrogen (secondary N) is 1. The number of hydrogen-bond acceptors (Lipinski definition) is 8. The number of hydrazine groups is 1. The molecule has 10 nitrogen and oxygen atoms in total. The molecule has 48 heavy (non-hydrogen) atoms. The van der Waals surface area contributed by atoms with E-state index >= 15 is 4.79 Å². The number of fused-ring (bicyclic) bond motifs is 4. The second kappa shape index (κ2) is 11.8. The number of hydrogen-bond donors (Lipinski definition) is 2. The molecular weight excluding hydrogens is 610 g/mol. The van der Waals surface area contributed by atoms with Crippen molar-refractivity contribution >= 4 is 29.3 Å². The van der Waals surface area contributed by atoms with Gasteiger partial charge in [0.2, 0.25) is 11.8 Å². The average Bonchev–Trinajstić information content (AvgIpc) is 3.46. The van der Waals surface area contributed by atoms with Crippen LogP contribution in [-0.4, -0.2) is 59.4 Å². The van der Waals surface area contributed by atoms with Gasteiger partial charge in [-0.05, 0) is 49.8 Å². The molecule has 248 valence electrons. The van der Waals surface area contributed by atoms with Gasteiger partial charge in [0, 0.05) is 30.2 Å². The number of carbonyl (C=O) groups is 4. The van der Waals surface area contributed by atoms with Crippen molar-refractivity contribution in [3.05, 3.63) is 95.1 Å². The van der Waals surface area contributed by atoms with Crippen LogP contribution in [0.15, 0.2) is 78.4 Å². The van der Waals surface area contributed by atoms with E-state index in [0.717, 1.165) is 16.1 Å². The Labute approximate surface area is 279 Å². The first-order valence-corrected chi connectivity index (χ1v) is 16.4. The van der Waals surface area contributed by atoms with Crippen molar-refractivity contribution in [3.63, 3.8) is 0 Å². The molecule has 0 spiro atoms. The predicted octanol–water partition coefficient (Wildman–Crippen LogP) is 5.11. The third-order valence-electron chi connectivity index (χ3n) is 10.7. The number of nitrogens with zero attached hydrogens (tertiary/aromatic N) is 2. The lowest BCUT2D eigenvalue weighted by molar-refractivity contribution is -0.141. The Hall–Kier alpha value is -5.12. The summed E-state index contributed by atoms with van der Waals surface area (Å²) in [6, 6.07) is 19.6. The van der Waals surface area contributed by atoms with Gasteiger partial charge in [-0.2, -0.15) is 5.01 Å². The number of likely N-dealkylation sites (tertiary alicyclic amines) is 1. The predicted molar refractivity (Wildman–Crippen MR) is 177 cm³/mol. The van der Waals surface area contributed by atoms with Crippen LogP contribution in [0.4, 0.5) is 5.69 Å². The van der Waals surface area contributed by atoms with E-state index in [1.807, 2.05) is 74.5 Å². The molecule has 1 saturated carbocycles. The third-order valence-corrected chi connectivity index (χ3v) is 10.7. The molecule has 4 aliphatic rings. The first kappa shape index (κ1) is 31.5. The lowest BCUT2D eigenvalue weighted by Crippen LogP contribution is -2.53. The lowest BCUT2D eigenvalue weighted by atomic mass is 9.49. The summed E-state index contributed by atoms with van der Waals surface area (Å²) in [6.45, 7) is 4.22. The molecule has 0 radical (unpaired) electrons. The van der Waals surface area contributed by atoms with E-state index in [1.165, 1.54) is 31.3 Å². The van der Waals surface area contributed by atoms with Gasteiger partial charge in [-0.1, -0.05) is 66.6 Å². The summed E-state index contributed by atoms with van der Waals surface area (Å²) in [7, 11) is 2.95. The molecule has 3 fully saturated rings. The van der Waals surface area contributed by atoms with Crippen LogP contribution in [0, 0.1) is 30.6 Å². The fourth-order valence-electron chi connectivity index (χ4n) is 8.78. The number of phenols is 1.